The normalized spacial score (nSPS) is 7.09. The van der Waals surface area contributed by atoms with E-state index in [-0.39, 0.29) is 0 Å². The van der Waals surface area contributed by atoms with Crippen molar-refractivity contribution < 1.29 is 24.3 Å². The number of hydrogen-bond donors (Lipinski definition) is 3. The first-order valence-corrected chi connectivity index (χ1v) is 2.56. The molecule has 0 heterocycles. The van der Waals surface area contributed by atoms with Gasteiger partial charge in [-0.05, 0) is 6.92 Å². The van der Waals surface area contributed by atoms with Crippen molar-refractivity contribution in [3.05, 3.63) is 0 Å². The van der Waals surface area contributed by atoms with E-state index in [1.807, 2.05) is 0 Å². The highest BCUT2D eigenvalue weighted by molar-refractivity contribution is 5.64. The van der Waals surface area contributed by atoms with Crippen LogP contribution in [0.4, 0.5) is 9.59 Å². The topological polar surface area (TPSA) is 125 Å². The van der Waals surface area contributed by atoms with Gasteiger partial charge in [0, 0.05) is 0 Å². The molecule has 1 amide bonds. The van der Waals surface area contributed by atoms with E-state index in [0.717, 1.165) is 0 Å². The van der Waals surface area contributed by atoms with Gasteiger partial charge in [-0.2, -0.15) is 5.90 Å². The summed E-state index contributed by atoms with van der Waals surface area (Å²) < 4.78 is 4.18. The Morgan fingerprint density at radius 1 is 1.55 bits per heavy atom. The van der Waals surface area contributed by atoms with Crippen LogP contribution in [0.2, 0.25) is 0 Å². The lowest BCUT2D eigenvalue weighted by atomic mass is 10.9. The number of rotatable bonds is 1. The smallest absolute Gasteiger partial charge is 0.450 e. The van der Waals surface area contributed by atoms with E-state index in [0.29, 0.717) is 6.61 Å². The Labute approximate surface area is 62.8 Å². The van der Waals surface area contributed by atoms with Crippen molar-refractivity contribution in [1.29, 1.82) is 0 Å². The van der Waals surface area contributed by atoms with E-state index >= 15 is 0 Å². The van der Waals surface area contributed by atoms with Crippen LogP contribution in [0.1, 0.15) is 6.92 Å². The zero-order valence-electron chi connectivity index (χ0n) is 5.94. The maximum absolute atomic E-state index is 9.60. The predicted octanol–water partition coefficient (Wildman–Crippen LogP) is -0.344. The Balaban J connectivity index is 0. The molecule has 0 aliphatic heterocycles. The third kappa shape index (κ3) is 29.3. The molecule has 0 saturated heterocycles. The molecular weight excluding hydrogens is 156 g/mol. The number of amides is 1. The van der Waals surface area contributed by atoms with E-state index in [1.54, 1.807) is 6.92 Å². The number of hydrogen-bond acceptors (Lipinski definition) is 5. The van der Waals surface area contributed by atoms with Crippen molar-refractivity contribution in [2.75, 3.05) is 6.61 Å². The number of primary amides is 1. The summed E-state index contributed by atoms with van der Waals surface area (Å²) in [6, 6.07) is 0. The fourth-order valence-electron chi connectivity index (χ4n) is 0.142. The molecule has 66 valence electrons. The lowest BCUT2D eigenvalue weighted by Crippen LogP contribution is -2.11. The van der Waals surface area contributed by atoms with Gasteiger partial charge in [-0.25, -0.2) is 9.59 Å². The first kappa shape index (κ1) is 12.2. The van der Waals surface area contributed by atoms with Crippen LogP contribution in [0.3, 0.4) is 0 Å². The molecule has 7 nitrogen and oxygen atoms in total. The Morgan fingerprint density at radius 2 is 1.91 bits per heavy atom. The second-order valence-corrected chi connectivity index (χ2v) is 1.14. The number of carboxylic acid groups (broad SMARTS) is 1. The minimum Gasteiger partial charge on any atom is -0.450 e. The Kier molecular flexibility index (Phi) is 9.43. The maximum atomic E-state index is 9.60. The van der Waals surface area contributed by atoms with Crippen molar-refractivity contribution in [3.63, 3.8) is 0 Å². The highest BCUT2D eigenvalue weighted by Gasteiger charge is 1.82. The van der Waals surface area contributed by atoms with Crippen LogP contribution in [0.25, 0.3) is 0 Å². The van der Waals surface area contributed by atoms with Crippen LogP contribution in [0.5, 0.6) is 0 Å². The van der Waals surface area contributed by atoms with E-state index in [9.17, 15) is 4.79 Å². The average molecular weight is 166 g/mol. The summed E-state index contributed by atoms with van der Waals surface area (Å²) in [5, 5.41) is 7.38. The SMILES string of the molecule is CCOC(N)=O.NOC(=O)O. The Hall–Kier alpha value is -1.50. The molecule has 0 aliphatic rings. The van der Waals surface area contributed by atoms with Gasteiger partial charge < -0.3 is 20.4 Å². The van der Waals surface area contributed by atoms with Crippen LogP contribution in [-0.4, -0.2) is 24.0 Å². The second kappa shape index (κ2) is 8.50. The van der Waals surface area contributed by atoms with Gasteiger partial charge in [-0.3, -0.25) is 0 Å². The fourth-order valence-corrected chi connectivity index (χ4v) is 0.142. The van der Waals surface area contributed by atoms with Crippen LogP contribution >= 0.6 is 0 Å². The van der Waals surface area contributed by atoms with Crippen LogP contribution in [-0.2, 0) is 9.57 Å². The molecule has 11 heavy (non-hydrogen) atoms. The molecule has 0 aliphatic carbocycles. The summed E-state index contributed by atoms with van der Waals surface area (Å²) in [6.07, 6.45) is -2.18. The predicted molar refractivity (Wildman–Crippen MR) is 34.5 cm³/mol. The fraction of sp³-hybridized carbons (Fsp3) is 0.500. The molecule has 0 atom stereocenters. The number of carbonyl (C=O) groups excluding carboxylic acids is 1. The standard InChI is InChI=1S/C3H7NO2.CH3NO3/c1-2-6-3(4)5;2-5-1(3)4/h2H2,1H3,(H2,4,5);2H2,(H,3,4). The van der Waals surface area contributed by atoms with Crippen molar-refractivity contribution >= 4 is 12.2 Å². The van der Waals surface area contributed by atoms with Gasteiger partial charge in [0.1, 0.15) is 0 Å². The average Bonchev–Trinajstić information content (AvgIpc) is 1.89. The molecule has 0 aromatic heterocycles. The number of nitrogens with two attached hydrogens (primary N) is 2. The summed E-state index contributed by atoms with van der Waals surface area (Å²) >= 11 is 0. The molecule has 0 radical (unpaired) electrons. The molecule has 0 aromatic carbocycles. The number of carbonyl (C=O) groups is 2. The van der Waals surface area contributed by atoms with Gasteiger partial charge in [-0.1, -0.05) is 0 Å². The Bertz CT molecular complexity index is 126. The second-order valence-electron chi connectivity index (χ2n) is 1.14. The summed E-state index contributed by atoms with van der Waals surface area (Å²) in [6.45, 7) is 2.06. The largest absolute Gasteiger partial charge is 0.524 e. The summed E-state index contributed by atoms with van der Waals surface area (Å²) in [4.78, 5) is 21.8. The van der Waals surface area contributed by atoms with E-state index < -0.39 is 12.2 Å². The molecule has 0 spiro atoms. The van der Waals surface area contributed by atoms with Gasteiger partial charge in [0.25, 0.3) is 0 Å². The molecule has 5 N–H and O–H groups in total. The summed E-state index contributed by atoms with van der Waals surface area (Å²) in [5.41, 5.74) is 4.54. The number of ether oxygens (including phenoxy) is 1. The van der Waals surface area contributed by atoms with E-state index in [1.165, 1.54) is 0 Å². The lowest BCUT2D eigenvalue weighted by molar-refractivity contribution is 0.0921. The minimum atomic E-state index is -1.47. The molecule has 0 fully saturated rings. The van der Waals surface area contributed by atoms with Gasteiger partial charge in [0.15, 0.2) is 0 Å². The molecule has 0 unspecified atom stereocenters. The maximum Gasteiger partial charge on any atom is 0.524 e. The van der Waals surface area contributed by atoms with E-state index in [2.05, 4.69) is 21.2 Å². The molecular formula is C4H10N2O5. The van der Waals surface area contributed by atoms with Crippen molar-refractivity contribution in [1.82, 2.24) is 0 Å². The molecule has 0 aromatic rings. The molecule has 0 rings (SSSR count). The first-order valence-electron chi connectivity index (χ1n) is 2.56. The van der Waals surface area contributed by atoms with Crippen LogP contribution in [0, 0.1) is 0 Å². The Morgan fingerprint density at radius 3 is 1.91 bits per heavy atom. The van der Waals surface area contributed by atoms with Crippen molar-refractivity contribution in [2.45, 2.75) is 6.92 Å². The van der Waals surface area contributed by atoms with E-state index in [4.69, 9.17) is 9.90 Å². The summed E-state index contributed by atoms with van der Waals surface area (Å²) in [7, 11) is 0. The lowest BCUT2D eigenvalue weighted by Gasteiger charge is -1.89. The van der Waals surface area contributed by atoms with Crippen LogP contribution < -0.4 is 11.6 Å². The first-order chi connectivity index (χ1) is 5.04. The quantitative estimate of drug-likeness (QED) is 0.457. The summed E-state index contributed by atoms with van der Waals surface area (Å²) in [5.74, 6) is 4.07. The van der Waals surface area contributed by atoms with Gasteiger partial charge in [-0.15, -0.1) is 0 Å². The van der Waals surface area contributed by atoms with Crippen molar-refractivity contribution in [2.24, 2.45) is 11.6 Å². The molecule has 7 heteroatoms. The zero-order valence-corrected chi connectivity index (χ0v) is 5.94. The van der Waals surface area contributed by atoms with Crippen LogP contribution in [0.15, 0.2) is 0 Å². The van der Waals surface area contributed by atoms with Gasteiger partial charge in [0.05, 0.1) is 6.61 Å². The molecule has 0 bridgehead atoms. The highest BCUT2D eigenvalue weighted by atomic mass is 16.7. The third-order valence-corrected chi connectivity index (χ3v) is 0.387. The third-order valence-electron chi connectivity index (χ3n) is 0.387. The van der Waals surface area contributed by atoms with Gasteiger partial charge in [0.2, 0.25) is 0 Å². The minimum absolute atomic E-state index is 0.356. The monoisotopic (exact) mass is 166 g/mol. The van der Waals surface area contributed by atoms with Gasteiger partial charge >= 0.3 is 12.2 Å². The van der Waals surface area contributed by atoms with Crippen molar-refractivity contribution in [3.8, 4) is 0 Å². The zero-order chi connectivity index (χ0) is 9.28. The highest BCUT2D eigenvalue weighted by Crippen LogP contribution is 1.66. The molecule has 0 saturated carbocycles.